The van der Waals surface area contributed by atoms with E-state index in [-0.39, 0.29) is 17.9 Å². The van der Waals surface area contributed by atoms with E-state index in [4.69, 9.17) is 10.5 Å². The van der Waals surface area contributed by atoms with Crippen LogP contribution >= 0.6 is 0 Å². The molecule has 1 saturated heterocycles. The first-order valence-corrected chi connectivity index (χ1v) is 7.33. The molecule has 1 aromatic carbocycles. The zero-order valence-corrected chi connectivity index (χ0v) is 12.3. The van der Waals surface area contributed by atoms with Gasteiger partial charge in [0.1, 0.15) is 0 Å². The normalized spacial score (nSPS) is 21.9. The maximum atomic E-state index is 12.5. The highest BCUT2D eigenvalue weighted by Crippen LogP contribution is 2.22. The summed E-state index contributed by atoms with van der Waals surface area (Å²) >= 11 is 0. The molecule has 1 aliphatic rings. The lowest BCUT2D eigenvalue weighted by atomic mass is 10.0. The lowest BCUT2D eigenvalue weighted by Crippen LogP contribution is -2.36. The van der Waals surface area contributed by atoms with E-state index in [9.17, 15) is 4.79 Å². The van der Waals surface area contributed by atoms with Crippen LogP contribution in [0.25, 0.3) is 0 Å². The first kappa shape index (κ1) is 15.0. The molecule has 2 N–H and O–H groups in total. The van der Waals surface area contributed by atoms with Crippen LogP contribution in [-0.2, 0) is 22.6 Å². The highest BCUT2D eigenvalue weighted by Gasteiger charge is 2.31. The lowest BCUT2D eigenvalue weighted by Gasteiger charge is -2.24. The van der Waals surface area contributed by atoms with Gasteiger partial charge in [-0.05, 0) is 31.4 Å². The van der Waals surface area contributed by atoms with Crippen LogP contribution in [0.15, 0.2) is 24.3 Å². The van der Waals surface area contributed by atoms with E-state index in [1.165, 1.54) is 0 Å². The summed E-state index contributed by atoms with van der Waals surface area (Å²) in [6.45, 7) is 6.44. The molecule has 2 atom stereocenters. The van der Waals surface area contributed by atoms with Crippen LogP contribution in [0.2, 0.25) is 0 Å². The fourth-order valence-corrected chi connectivity index (χ4v) is 2.71. The van der Waals surface area contributed by atoms with Gasteiger partial charge in [0, 0.05) is 19.6 Å². The van der Waals surface area contributed by atoms with Crippen LogP contribution in [0.1, 0.15) is 31.4 Å². The Bertz CT molecular complexity index is 462. The molecule has 20 heavy (non-hydrogen) atoms. The Morgan fingerprint density at radius 2 is 2.10 bits per heavy atom. The van der Waals surface area contributed by atoms with Gasteiger partial charge in [-0.2, -0.15) is 0 Å². The minimum Gasteiger partial charge on any atom is -0.378 e. The van der Waals surface area contributed by atoms with Crippen molar-refractivity contribution < 1.29 is 9.53 Å². The molecule has 1 amide bonds. The summed E-state index contributed by atoms with van der Waals surface area (Å²) in [6.07, 6.45) is 1.02. The molecule has 4 nitrogen and oxygen atoms in total. The fourth-order valence-electron chi connectivity index (χ4n) is 2.71. The first-order chi connectivity index (χ1) is 9.65. The van der Waals surface area contributed by atoms with Crippen molar-refractivity contribution in [2.24, 2.45) is 11.7 Å². The summed E-state index contributed by atoms with van der Waals surface area (Å²) in [5.41, 5.74) is 8.00. The average molecular weight is 276 g/mol. The fraction of sp³-hybridized carbons (Fsp3) is 0.562. The largest absolute Gasteiger partial charge is 0.378 e. The summed E-state index contributed by atoms with van der Waals surface area (Å²) < 4.78 is 5.51. The van der Waals surface area contributed by atoms with Gasteiger partial charge < -0.3 is 15.4 Å². The molecule has 1 aromatic rings. The lowest BCUT2D eigenvalue weighted by molar-refractivity contribution is -0.135. The number of nitrogens with zero attached hydrogens (tertiary/aromatic N) is 1. The Morgan fingerprint density at radius 3 is 2.65 bits per heavy atom. The number of ether oxygens (including phenoxy) is 1. The van der Waals surface area contributed by atoms with Crippen LogP contribution < -0.4 is 5.73 Å². The average Bonchev–Trinajstić information content (AvgIpc) is 2.91. The Kier molecular flexibility index (Phi) is 5.15. The predicted molar refractivity (Wildman–Crippen MR) is 78.9 cm³/mol. The van der Waals surface area contributed by atoms with Crippen molar-refractivity contribution in [2.75, 3.05) is 13.2 Å². The molecule has 2 unspecified atom stereocenters. The Hall–Kier alpha value is -1.39. The molecule has 0 aliphatic carbocycles. The Balaban J connectivity index is 2.06. The van der Waals surface area contributed by atoms with Crippen LogP contribution in [0.4, 0.5) is 0 Å². The van der Waals surface area contributed by atoms with Gasteiger partial charge in [-0.3, -0.25) is 4.79 Å². The molecule has 2 rings (SSSR count). The quantitative estimate of drug-likeness (QED) is 0.894. The van der Waals surface area contributed by atoms with Gasteiger partial charge in [0.25, 0.3) is 0 Å². The first-order valence-electron chi connectivity index (χ1n) is 7.33. The number of hydrogen-bond acceptors (Lipinski definition) is 3. The number of carbonyl (C=O) groups is 1. The van der Waals surface area contributed by atoms with Gasteiger partial charge in [-0.25, -0.2) is 0 Å². The number of nitrogens with two attached hydrogens (primary N) is 1. The molecule has 1 aliphatic heterocycles. The van der Waals surface area contributed by atoms with Gasteiger partial charge in [-0.15, -0.1) is 0 Å². The summed E-state index contributed by atoms with van der Waals surface area (Å²) in [6, 6.07) is 8.05. The number of amides is 1. The minimum atomic E-state index is 0.00925. The predicted octanol–water partition coefficient (Wildman–Crippen LogP) is 1.92. The molecular weight excluding hydrogens is 252 g/mol. The molecule has 0 spiro atoms. The van der Waals surface area contributed by atoms with E-state index in [0.717, 1.165) is 17.5 Å². The van der Waals surface area contributed by atoms with Gasteiger partial charge in [0.2, 0.25) is 5.91 Å². The van der Waals surface area contributed by atoms with Crippen LogP contribution in [-0.4, -0.2) is 30.1 Å². The van der Waals surface area contributed by atoms with Crippen LogP contribution in [0.3, 0.4) is 0 Å². The number of carbonyl (C=O) groups excluding carboxylic acids is 1. The van der Waals surface area contributed by atoms with E-state index in [1.807, 2.05) is 43.0 Å². The maximum Gasteiger partial charge on any atom is 0.228 e. The van der Waals surface area contributed by atoms with Crippen molar-refractivity contribution in [2.45, 2.75) is 39.5 Å². The smallest absolute Gasteiger partial charge is 0.228 e. The molecular formula is C16H24N2O2. The van der Waals surface area contributed by atoms with Crippen molar-refractivity contribution in [3.05, 3.63) is 35.4 Å². The van der Waals surface area contributed by atoms with E-state index >= 15 is 0 Å². The number of hydrogen-bond donors (Lipinski definition) is 1. The van der Waals surface area contributed by atoms with Gasteiger partial charge in [-0.1, -0.05) is 24.3 Å². The van der Waals surface area contributed by atoms with Crippen LogP contribution in [0.5, 0.6) is 0 Å². The van der Waals surface area contributed by atoms with E-state index in [0.29, 0.717) is 26.2 Å². The van der Waals surface area contributed by atoms with E-state index in [2.05, 4.69) is 0 Å². The van der Waals surface area contributed by atoms with Crippen LogP contribution in [0, 0.1) is 5.92 Å². The second-order valence-corrected chi connectivity index (χ2v) is 5.40. The minimum absolute atomic E-state index is 0.00925. The number of rotatable bonds is 5. The van der Waals surface area contributed by atoms with Crippen molar-refractivity contribution in [1.82, 2.24) is 4.90 Å². The third kappa shape index (κ3) is 3.38. The molecule has 0 saturated carbocycles. The zero-order valence-electron chi connectivity index (χ0n) is 12.3. The third-order valence-electron chi connectivity index (χ3n) is 3.94. The monoisotopic (exact) mass is 276 g/mol. The third-order valence-corrected chi connectivity index (χ3v) is 3.94. The summed E-state index contributed by atoms with van der Waals surface area (Å²) in [5.74, 6) is 0.207. The molecule has 1 heterocycles. The Labute approximate surface area is 120 Å². The standard InChI is InChI=1S/C16H24N2O2/c1-3-18(16(19)15-8-12(2)20-11-15)10-14-7-5-4-6-13(14)9-17/h4-7,12,15H,3,8-11,17H2,1-2H3. The summed E-state index contributed by atoms with van der Waals surface area (Å²) in [7, 11) is 0. The summed E-state index contributed by atoms with van der Waals surface area (Å²) in [5, 5.41) is 0. The molecule has 0 bridgehead atoms. The van der Waals surface area contributed by atoms with Crippen molar-refractivity contribution in [3.8, 4) is 0 Å². The van der Waals surface area contributed by atoms with Crippen molar-refractivity contribution in [1.29, 1.82) is 0 Å². The van der Waals surface area contributed by atoms with Gasteiger partial charge in [0.05, 0.1) is 18.6 Å². The second kappa shape index (κ2) is 6.86. The summed E-state index contributed by atoms with van der Waals surface area (Å²) in [4.78, 5) is 14.4. The molecule has 1 fully saturated rings. The molecule has 0 aromatic heterocycles. The van der Waals surface area contributed by atoms with Gasteiger partial charge in [0.15, 0.2) is 0 Å². The maximum absolute atomic E-state index is 12.5. The number of benzene rings is 1. The Morgan fingerprint density at radius 1 is 1.40 bits per heavy atom. The second-order valence-electron chi connectivity index (χ2n) is 5.40. The van der Waals surface area contributed by atoms with Crippen molar-refractivity contribution >= 4 is 5.91 Å². The SMILES string of the molecule is CCN(Cc1ccccc1CN)C(=O)C1COC(C)C1. The molecule has 4 heteroatoms. The zero-order chi connectivity index (χ0) is 14.5. The molecule has 0 radical (unpaired) electrons. The van der Waals surface area contributed by atoms with Gasteiger partial charge >= 0.3 is 0 Å². The highest BCUT2D eigenvalue weighted by atomic mass is 16.5. The van der Waals surface area contributed by atoms with Crippen molar-refractivity contribution in [3.63, 3.8) is 0 Å². The highest BCUT2D eigenvalue weighted by molar-refractivity contribution is 5.79. The molecule has 110 valence electrons. The van der Waals surface area contributed by atoms with E-state index in [1.54, 1.807) is 0 Å². The van der Waals surface area contributed by atoms with E-state index < -0.39 is 0 Å². The topological polar surface area (TPSA) is 55.6 Å².